The van der Waals surface area contributed by atoms with Gasteiger partial charge in [0.1, 0.15) is 0 Å². The molecule has 0 aliphatic carbocycles. The van der Waals surface area contributed by atoms with Crippen molar-refractivity contribution in [1.82, 2.24) is 0 Å². The highest BCUT2D eigenvalue weighted by atomic mass is 16.7. The van der Waals surface area contributed by atoms with E-state index in [-0.39, 0.29) is 13.6 Å². The van der Waals surface area contributed by atoms with E-state index in [1.165, 1.54) is 12.2 Å². The van der Waals surface area contributed by atoms with Gasteiger partial charge in [-0.25, -0.2) is 0 Å². The van der Waals surface area contributed by atoms with Gasteiger partial charge in [-0.15, -0.1) is 0 Å². The average molecular weight is 386 g/mol. The van der Waals surface area contributed by atoms with E-state index < -0.39 is 9.85 Å². The first-order valence-corrected chi connectivity index (χ1v) is 7.94. The summed E-state index contributed by atoms with van der Waals surface area (Å²) in [6.45, 7) is 0.412. The van der Waals surface area contributed by atoms with Crippen molar-refractivity contribution in [2.45, 2.75) is 0 Å². The van der Waals surface area contributed by atoms with Crippen LogP contribution < -0.4 is 18.9 Å². The molecule has 0 bridgehead atoms. The lowest BCUT2D eigenvalue weighted by molar-refractivity contribution is -0.401. The zero-order chi connectivity index (χ0) is 19.9. The van der Waals surface area contributed by atoms with Crippen molar-refractivity contribution < 1.29 is 28.8 Å². The van der Waals surface area contributed by atoms with Crippen LogP contribution in [0.3, 0.4) is 0 Å². The summed E-state index contributed by atoms with van der Waals surface area (Å²) in [7, 11) is 0. The summed E-state index contributed by atoms with van der Waals surface area (Å²) in [6.07, 6.45) is 4.58. The summed E-state index contributed by atoms with van der Waals surface area (Å²) in [6, 6.07) is 10.3. The van der Waals surface area contributed by atoms with Gasteiger partial charge in [0.25, 0.3) is 0 Å². The van der Waals surface area contributed by atoms with Crippen LogP contribution in [-0.4, -0.2) is 23.4 Å². The van der Waals surface area contributed by atoms with Crippen molar-refractivity contribution in [1.29, 1.82) is 0 Å². The second-order valence-corrected chi connectivity index (χ2v) is 5.43. The minimum atomic E-state index is -0.509. The minimum Gasteiger partial charge on any atom is -0.454 e. The van der Waals surface area contributed by atoms with Gasteiger partial charge in [0, 0.05) is 12.2 Å². The van der Waals surface area contributed by atoms with Gasteiger partial charge in [-0.2, -0.15) is 0 Å². The lowest BCUT2D eigenvalue weighted by Gasteiger charge is -1.95. The Morgan fingerprint density at radius 3 is 1.46 bits per heavy atom. The first kappa shape index (κ1) is 18.7. The fourth-order valence-electron chi connectivity index (χ4n) is 2.33. The third-order valence-corrected chi connectivity index (χ3v) is 3.57. The van der Waals surface area contributed by atoms with Gasteiger partial charge >= 0.3 is 0 Å². The van der Waals surface area contributed by atoms with Crippen molar-refractivity contribution >= 4 is 12.2 Å². The lowest BCUT2D eigenvalue weighted by Crippen LogP contribution is -1.92. The number of hydrogen-bond acceptors (Lipinski definition) is 8. The third kappa shape index (κ3) is 4.97. The van der Waals surface area contributed by atoms with Crippen molar-refractivity contribution in [2.24, 2.45) is 0 Å². The molecule has 0 spiro atoms. The maximum atomic E-state index is 10.1. The smallest absolute Gasteiger partial charge is 0.235 e. The normalized spacial score (nSPS) is 13.4. The molecule has 0 unspecified atom stereocenters. The van der Waals surface area contributed by atoms with E-state index >= 15 is 0 Å². The largest absolute Gasteiger partial charge is 0.454 e. The Morgan fingerprint density at radius 1 is 0.679 bits per heavy atom. The number of ether oxygens (including phenoxy) is 4. The molecule has 0 aromatic heterocycles. The molecular formula is C18H14N2O8. The third-order valence-electron chi connectivity index (χ3n) is 3.57. The molecule has 10 nitrogen and oxygen atoms in total. The van der Waals surface area contributed by atoms with Gasteiger partial charge in [0.15, 0.2) is 23.0 Å². The average Bonchev–Trinajstić information content (AvgIpc) is 3.33. The van der Waals surface area contributed by atoms with Crippen molar-refractivity contribution in [3.05, 3.63) is 80.2 Å². The number of benzene rings is 2. The van der Waals surface area contributed by atoms with Gasteiger partial charge in [0.2, 0.25) is 26.0 Å². The standard InChI is InChI=1S/2C9H7NO4/c2*11-10(12)4-3-7-1-2-8-9(5-7)14-6-13-8/h2*1-5H,6H2/b2*4-3+. The predicted molar refractivity (Wildman–Crippen MR) is 97.2 cm³/mol. The Balaban J connectivity index is 0.000000161. The van der Waals surface area contributed by atoms with E-state index in [2.05, 4.69) is 0 Å². The SMILES string of the molecule is O=[N+]([O-])/C=C/c1ccc2c(c1)OCO2.O=[N+]([O-])/C=C/c1ccc2c(c1)OCO2. The highest BCUT2D eigenvalue weighted by Gasteiger charge is 2.13. The van der Waals surface area contributed by atoms with Crippen molar-refractivity contribution in [3.63, 3.8) is 0 Å². The maximum Gasteiger partial charge on any atom is 0.235 e. The summed E-state index contributed by atoms with van der Waals surface area (Å²) >= 11 is 0. The molecule has 2 aliphatic rings. The first-order chi connectivity index (χ1) is 13.5. The van der Waals surface area contributed by atoms with Gasteiger partial charge < -0.3 is 18.9 Å². The van der Waals surface area contributed by atoms with Crippen LogP contribution in [0.2, 0.25) is 0 Å². The van der Waals surface area contributed by atoms with Crippen molar-refractivity contribution in [2.75, 3.05) is 13.6 Å². The van der Waals surface area contributed by atoms with Crippen LogP contribution in [0.5, 0.6) is 23.0 Å². The zero-order valence-corrected chi connectivity index (χ0v) is 14.3. The van der Waals surface area contributed by atoms with E-state index in [0.29, 0.717) is 34.1 Å². The number of fused-ring (bicyclic) bond motifs is 2. The molecule has 0 saturated heterocycles. The summed E-state index contributed by atoms with van der Waals surface area (Å²) in [5.74, 6) is 2.58. The molecule has 0 fully saturated rings. The maximum absolute atomic E-state index is 10.1. The van der Waals surface area contributed by atoms with E-state index in [4.69, 9.17) is 18.9 Å². The van der Waals surface area contributed by atoms with Gasteiger partial charge in [0.05, 0.1) is 9.85 Å². The first-order valence-electron chi connectivity index (χ1n) is 7.94. The Morgan fingerprint density at radius 2 is 1.07 bits per heavy atom. The molecule has 0 N–H and O–H groups in total. The molecule has 2 aromatic carbocycles. The van der Waals surface area contributed by atoms with Crippen LogP contribution >= 0.6 is 0 Å². The molecule has 0 amide bonds. The molecule has 2 aromatic rings. The molecule has 0 saturated carbocycles. The van der Waals surface area contributed by atoms with Crippen LogP contribution in [0.25, 0.3) is 12.2 Å². The number of rotatable bonds is 4. The summed E-state index contributed by atoms with van der Waals surface area (Å²) in [5, 5.41) is 20.1. The summed E-state index contributed by atoms with van der Waals surface area (Å²) < 4.78 is 20.4. The summed E-state index contributed by atoms with van der Waals surface area (Å²) in [5.41, 5.74) is 1.43. The second kappa shape index (κ2) is 8.54. The van der Waals surface area contributed by atoms with Gasteiger partial charge in [-0.05, 0) is 35.4 Å². The predicted octanol–water partition coefficient (Wildman–Crippen LogP) is 3.33. The second-order valence-electron chi connectivity index (χ2n) is 5.43. The number of nitrogens with zero attached hydrogens (tertiary/aromatic N) is 2. The quantitative estimate of drug-likeness (QED) is 0.579. The molecule has 2 aliphatic heterocycles. The Labute approximate surface area is 158 Å². The van der Waals surface area contributed by atoms with E-state index in [9.17, 15) is 20.2 Å². The van der Waals surface area contributed by atoms with E-state index in [1.807, 2.05) is 0 Å². The van der Waals surface area contributed by atoms with Crippen molar-refractivity contribution in [3.8, 4) is 23.0 Å². The van der Waals surface area contributed by atoms with Crippen LogP contribution in [0.1, 0.15) is 11.1 Å². The topological polar surface area (TPSA) is 123 Å². The monoisotopic (exact) mass is 386 g/mol. The molecule has 0 atom stereocenters. The fourth-order valence-corrected chi connectivity index (χ4v) is 2.33. The van der Waals surface area contributed by atoms with Crippen LogP contribution in [0, 0.1) is 20.2 Å². The molecule has 28 heavy (non-hydrogen) atoms. The molecule has 10 heteroatoms. The Bertz CT molecular complexity index is 877. The lowest BCUT2D eigenvalue weighted by atomic mass is 10.2. The highest BCUT2D eigenvalue weighted by Crippen LogP contribution is 2.33. The minimum absolute atomic E-state index is 0.206. The Hall–Kier alpha value is -4.08. The van der Waals surface area contributed by atoms with Crippen LogP contribution in [-0.2, 0) is 0 Å². The highest BCUT2D eigenvalue weighted by molar-refractivity contribution is 5.56. The van der Waals surface area contributed by atoms with Gasteiger partial charge in [-0.1, -0.05) is 12.1 Å². The fraction of sp³-hybridized carbons (Fsp3) is 0.111. The molecular weight excluding hydrogens is 372 g/mol. The van der Waals surface area contributed by atoms with E-state index in [1.54, 1.807) is 36.4 Å². The molecule has 2 heterocycles. The zero-order valence-electron chi connectivity index (χ0n) is 14.3. The molecule has 144 valence electrons. The van der Waals surface area contributed by atoms with Gasteiger partial charge in [-0.3, -0.25) is 20.2 Å². The number of hydrogen-bond donors (Lipinski definition) is 0. The molecule has 4 rings (SSSR count). The number of nitro groups is 2. The van der Waals surface area contributed by atoms with E-state index in [0.717, 1.165) is 12.4 Å². The Kier molecular flexibility index (Phi) is 5.70. The van der Waals surface area contributed by atoms with Crippen LogP contribution in [0.15, 0.2) is 48.8 Å². The van der Waals surface area contributed by atoms with Crippen LogP contribution in [0.4, 0.5) is 0 Å². The summed E-state index contributed by atoms with van der Waals surface area (Å²) in [4.78, 5) is 19.1. The molecule has 0 radical (unpaired) electrons.